The summed E-state index contributed by atoms with van der Waals surface area (Å²) >= 11 is 0. The second kappa shape index (κ2) is 3.90. The number of benzene rings is 1. The average Bonchev–Trinajstić information content (AvgIpc) is 2.79. The molecule has 4 heteroatoms. The number of nitrogens with zero attached hydrogens (tertiary/aromatic N) is 1. The Hall–Kier alpha value is -1.68. The van der Waals surface area contributed by atoms with E-state index in [4.69, 9.17) is 0 Å². The molecule has 0 aliphatic carbocycles. The molecular formula is C15H18N2O2. The molecule has 1 aromatic carbocycles. The van der Waals surface area contributed by atoms with Crippen molar-refractivity contribution in [2.24, 2.45) is 10.8 Å². The van der Waals surface area contributed by atoms with Gasteiger partial charge in [0.1, 0.15) is 0 Å². The topological polar surface area (TPSA) is 49.4 Å². The van der Waals surface area contributed by atoms with Gasteiger partial charge in [-0.15, -0.1) is 0 Å². The Bertz CT molecular complexity index is 514. The minimum Gasteiger partial charge on any atom is -0.315 e. The Kier molecular flexibility index (Phi) is 2.54. The van der Waals surface area contributed by atoms with Crippen molar-refractivity contribution in [3.8, 4) is 0 Å². The van der Waals surface area contributed by atoms with E-state index in [0.29, 0.717) is 19.6 Å². The number of fused-ring (bicyclic) bond motifs is 1. The fourth-order valence-corrected chi connectivity index (χ4v) is 3.17. The second-order valence-corrected chi connectivity index (χ2v) is 5.95. The number of nitrogens with one attached hydrogen (secondary N) is 1. The molecule has 1 N–H and O–H groups in total. The summed E-state index contributed by atoms with van der Waals surface area (Å²) in [4.78, 5) is 26.6. The van der Waals surface area contributed by atoms with Gasteiger partial charge in [0.25, 0.3) is 0 Å². The number of likely N-dealkylation sites (tertiary alicyclic amines) is 1. The molecule has 0 radical (unpaired) electrons. The summed E-state index contributed by atoms with van der Waals surface area (Å²) in [5, 5.41) is 3.18. The van der Waals surface area contributed by atoms with Crippen LogP contribution < -0.4 is 5.32 Å². The van der Waals surface area contributed by atoms with E-state index < -0.39 is 10.8 Å². The van der Waals surface area contributed by atoms with Crippen molar-refractivity contribution in [3.05, 3.63) is 35.9 Å². The van der Waals surface area contributed by atoms with Crippen LogP contribution in [0.3, 0.4) is 0 Å². The molecule has 2 fully saturated rings. The molecule has 4 nitrogen and oxygen atoms in total. The molecule has 0 aromatic heterocycles. The smallest absolute Gasteiger partial charge is 0.237 e. The summed E-state index contributed by atoms with van der Waals surface area (Å²) < 4.78 is 0. The lowest BCUT2D eigenvalue weighted by atomic mass is 9.70. The molecular weight excluding hydrogens is 240 g/mol. The first-order valence-corrected chi connectivity index (χ1v) is 6.60. The standard InChI is InChI=1S/C15H18N2O2/c1-14-9-16-10-15(14,2)13(19)17(12(14)18)8-11-6-4-3-5-7-11/h3-7,16H,8-10H2,1-2H3/t14-,15+. The van der Waals surface area contributed by atoms with E-state index in [1.807, 2.05) is 44.2 Å². The van der Waals surface area contributed by atoms with Crippen molar-refractivity contribution >= 4 is 11.8 Å². The van der Waals surface area contributed by atoms with E-state index in [2.05, 4.69) is 5.32 Å². The zero-order chi connectivity index (χ0) is 13.7. The third kappa shape index (κ3) is 1.49. The molecule has 3 rings (SSSR count). The summed E-state index contributed by atoms with van der Waals surface area (Å²) in [5.74, 6) is -0.0947. The normalized spacial score (nSPS) is 33.9. The molecule has 2 aliphatic heterocycles. The van der Waals surface area contributed by atoms with Crippen LogP contribution in [0.1, 0.15) is 19.4 Å². The summed E-state index contributed by atoms with van der Waals surface area (Å²) in [6.45, 7) is 5.35. The summed E-state index contributed by atoms with van der Waals surface area (Å²) in [6, 6.07) is 9.66. The molecule has 2 amide bonds. The van der Waals surface area contributed by atoms with Crippen molar-refractivity contribution in [1.29, 1.82) is 0 Å². The van der Waals surface area contributed by atoms with Crippen molar-refractivity contribution in [3.63, 3.8) is 0 Å². The van der Waals surface area contributed by atoms with E-state index in [0.717, 1.165) is 5.56 Å². The minimum absolute atomic E-state index is 0.0474. The average molecular weight is 258 g/mol. The Morgan fingerprint density at radius 3 is 2.11 bits per heavy atom. The zero-order valence-corrected chi connectivity index (χ0v) is 11.3. The van der Waals surface area contributed by atoms with E-state index in [9.17, 15) is 9.59 Å². The number of carbonyl (C=O) groups is 2. The van der Waals surface area contributed by atoms with Gasteiger partial charge in [-0.05, 0) is 19.4 Å². The predicted molar refractivity (Wildman–Crippen MR) is 71.1 cm³/mol. The molecule has 2 saturated heterocycles. The molecule has 0 unspecified atom stereocenters. The summed E-state index contributed by atoms with van der Waals surface area (Å²) in [5.41, 5.74) is -0.207. The van der Waals surface area contributed by atoms with Crippen LogP contribution in [0.25, 0.3) is 0 Å². The molecule has 100 valence electrons. The largest absolute Gasteiger partial charge is 0.315 e. The van der Waals surface area contributed by atoms with Crippen molar-refractivity contribution < 1.29 is 9.59 Å². The molecule has 1 aromatic rings. The molecule has 2 aliphatic rings. The van der Waals surface area contributed by atoms with Gasteiger partial charge in [0.2, 0.25) is 11.8 Å². The first-order chi connectivity index (χ1) is 8.99. The van der Waals surface area contributed by atoms with Crippen molar-refractivity contribution in [2.45, 2.75) is 20.4 Å². The maximum atomic E-state index is 12.6. The molecule has 0 spiro atoms. The highest BCUT2D eigenvalue weighted by Crippen LogP contribution is 2.50. The maximum Gasteiger partial charge on any atom is 0.237 e. The Morgan fingerprint density at radius 1 is 1.05 bits per heavy atom. The molecule has 0 bridgehead atoms. The SMILES string of the molecule is C[C@@]12CNC[C@]1(C)C(=O)N(Cc1ccccc1)C2=O. The third-order valence-electron chi connectivity index (χ3n) is 4.79. The van der Waals surface area contributed by atoms with Gasteiger partial charge in [0.15, 0.2) is 0 Å². The quantitative estimate of drug-likeness (QED) is 0.810. The predicted octanol–water partition coefficient (Wildman–Crippen LogP) is 1.17. The van der Waals surface area contributed by atoms with Crippen molar-refractivity contribution in [1.82, 2.24) is 10.2 Å². The molecule has 2 atom stereocenters. The van der Waals surface area contributed by atoms with Crippen LogP contribution in [0, 0.1) is 10.8 Å². The van der Waals surface area contributed by atoms with E-state index in [1.54, 1.807) is 0 Å². The minimum atomic E-state index is -0.598. The third-order valence-corrected chi connectivity index (χ3v) is 4.79. The van der Waals surface area contributed by atoms with Gasteiger partial charge in [-0.1, -0.05) is 30.3 Å². The van der Waals surface area contributed by atoms with Gasteiger partial charge < -0.3 is 5.32 Å². The number of hydrogen-bond acceptors (Lipinski definition) is 3. The number of amides is 2. The fourth-order valence-electron chi connectivity index (χ4n) is 3.17. The number of rotatable bonds is 2. The van der Waals surface area contributed by atoms with Crippen LogP contribution in [0.15, 0.2) is 30.3 Å². The Balaban J connectivity index is 1.93. The van der Waals surface area contributed by atoms with Crippen LogP contribution in [0.5, 0.6) is 0 Å². The summed E-state index contributed by atoms with van der Waals surface area (Å²) in [6.07, 6.45) is 0. The Morgan fingerprint density at radius 2 is 1.58 bits per heavy atom. The highest BCUT2D eigenvalue weighted by atomic mass is 16.2. The Labute approximate surface area is 112 Å². The monoisotopic (exact) mass is 258 g/mol. The van der Waals surface area contributed by atoms with Gasteiger partial charge in [-0.2, -0.15) is 0 Å². The summed E-state index contributed by atoms with van der Waals surface area (Å²) in [7, 11) is 0. The van der Waals surface area contributed by atoms with Gasteiger partial charge in [-0.3, -0.25) is 14.5 Å². The molecule has 19 heavy (non-hydrogen) atoms. The second-order valence-electron chi connectivity index (χ2n) is 5.95. The van der Waals surface area contributed by atoms with Crippen LogP contribution in [0.4, 0.5) is 0 Å². The van der Waals surface area contributed by atoms with Crippen LogP contribution in [0.2, 0.25) is 0 Å². The van der Waals surface area contributed by atoms with Gasteiger partial charge in [0.05, 0.1) is 17.4 Å². The van der Waals surface area contributed by atoms with Crippen LogP contribution in [-0.4, -0.2) is 29.8 Å². The first-order valence-electron chi connectivity index (χ1n) is 6.60. The molecule has 0 saturated carbocycles. The van der Waals surface area contributed by atoms with Crippen molar-refractivity contribution in [2.75, 3.05) is 13.1 Å². The van der Waals surface area contributed by atoms with Crippen LogP contribution >= 0.6 is 0 Å². The highest BCUT2D eigenvalue weighted by molar-refractivity contribution is 6.10. The van der Waals surface area contributed by atoms with Gasteiger partial charge >= 0.3 is 0 Å². The van der Waals surface area contributed by atoms with Gasteiger partial charge in [-0.25, -0.2) is 0 Å². The lowest BCUT2D eigenvalue weighted by Gasteiger charge is -2.26. The first kappa shape index (κ1) is 12.4. The number of hydrogen-bond donors (Lipinski definition) is 1. The fraction of sp³-hybridized carbons (Fsp3) is 0.467. The van der Waals surface area contributed by atoms with E-state index in [-0.39, 0.29) is 11.8 Å². The number of imide groups is 1. The lowest BCUT2D eigenvalue weighted by Crippen LogP contribution is -2.38. The van der Waals surface area contributed by atoms with Gasteiger partial charge in [0, 0.05) is 13.1 Å². The zero-order valence-electron chi connectivity index (χ0n) is 11.3. The lowest BCUT2D eigenvalue weighted by molar-refractivity contribution is -0.142. The van der Waals surface area contributed by atoms with Crippen LogP contribution in [-0.2, 0) is 16.1 Å². The number of carbonyl (C=O) groups excluding carboxylic acids is 2. The maximum absolute atomic E-state index is 12.6. The molecule has 2 heterocycles. The highest BCUT2D eigenvalue weighted by Gasteiger charge is 2.66. The van der Waals surface area contributed by atoms with E-state index >= 15 is 0 Å². The van der Waals surface area contributed by atoms with E-state index in [1.165, 1.54) is 4.90 Å².